The zero-order valence-electron chi connectivity index (χ0n) is 9.27. The molecule has 0 fully saturated rings. The van der Waals surface area contributed by atoms with Gasteiger partial charge in [-0.25, -0.2) is 0 Å². The fourth-order valence-electron chi connectivity index (χ4n) is 1.41. The lowest BCUT2D eigenvalue weighted by molar-refractivity contribution is -0.141. The van der Waals surface area contributed by atoms with Crippen LogP contribution in [0.15, 0.2) is 18.2 Å². The van der Waals surface area contributed by atoms with Crippen LogP contribution < -0.4 is 4.74 Å². The fourth-order valence-corrected chi connectivity index (χ4v) is 1.41. The number of benzene rings is 1. The first-order chi connectivity index (χ1) is 7.58. The molecule has 86 valence electrons. The minimum absolute atomic E-state index is 0.341. The summed E-state index contributed by atoms with van der Waals surface area (Å²) in [6.07, 6.45) is 1.06. The van der Waals surface area contributed by atoms with E-state index >= 15 is 0 Å². The zero-order valence-corrected chi connectivity index (χ0v) is 9.27. The second-order valence-electron chi connectivity index (χ2n) is 3.63. The number of carbonyl (C=O) groups is 2. The van der Waals surface area contributed by atoms with Gasteiger partial charge in [-0.15, -0.1) is 0 Å². The molecule has 1 unspecified atom stereocenters. The molecule has 0 aromatic heterocycles. The van der Waals surface area contributed by atoms with E-state index in [4.69, 9.17) is 9.84 Å². The second kappa shape index (κ2) is 5.30. The molecule has 1 N–H and O–H groups in total. The van der Waals surface area contributed by atoms with Crippen LogP contribution in [-0.2, 0) is 11.2 Å². The number of aliphatic carboxylic acids is 1. The van der Waals surface area contributed by atoms with Crippen LogP contribution in [0.3, 0.4) is 0 Å². The van der Waals surface area contributed by atoms with Crippen molar-refractivity contribution >= 4 is 12.3 Å². The van der Waals surface area contributed by atoms with Crippen LogP contribution in [0.1, 0.15) is 22.8 Å². The molecule has 0 radical (unpaired) electrons. The monoisotopic (exact) mass is 222 g/mol. The van der Waals surface area contributed by atoms with Gasteiger partial charge in [-0.3, -0.25) is 9.59 Å². The Bertz CT molecular complexity index is 398. The number of rotatable bonds is 5. The van der Waals surface area contributed by atoms with E-state index in [0.29, 0.717) is 24.0 Å². The first-order valence-electron chi connectivity index (χ1n) is 4.93. The first kappa shape index (κ1) is 12.2. The number of ether oxygens (including phenoxy) is 1. The van der Waals surface area contributed by atoms with Crippen molar-refractivity contribution in [2.24, 2.45) is 5.92 Å². The van der Waals surface area contributed by atoms with Crippen LogP contribution in [0.5, 0.6) is 5.75 Å². The highest BCUT2D eigenvalue weighted by atomic mass is 16.5. The van der Waals surface area contributed by atoms with Gasteiger partial charge >= 0.3 is 5.97 Å². The summed E-state index contributed by atoms with van der Waals surface area (Å²) >= 11 is 0. The first-order valence-corrected chi connectivity index (χ1v) is 4.93. The third kappa shape index (κ3) is 2.82. The van der Waals surface area contributed by atoms with Crippen molar-refractivity contribution in [2.75, 3.05) is 7.11 Å². The number of methoxy groups -OCH3 is 1. The molecule has 0 aliphatic rings. The molecule has 1 aromatic rings. The minimum atomic E-state index is -0.868. The number of hydrogen-bond donors (Lipinski definition) is 1. The third-order valence-electron chi connectivity index (χ3n) is 2.43. The predicted molar refractivity (Wildman–Crippen MR) is 58.9 cm³/mol. The van der Waals surface area contributed by atoms with Crippen LogP contribution in [0, 0.1) is 5.92 Å². The van der Waals surface area contributed by atoms with E-state index in [1.54, 1.807) is 25.1 Å². The van der Waals surface area contributed by atoms with Gasteiger partial charge in [0, 0.05) is 5.56 Å². The number of carboxylic acids is 1. The van der Waals surface area contributed by atoms with E-state index in [2.05, 4.69) is 0 Å². The highest BCUT2D eigenvalue weighted by molar-refractivity contribution is 5.79. The molecule has 0 aliphatic carbocycles. The Morgan fingerprint density at radius 1 is 1.56 bits per heavy atom. The van der Waals surface area contributed by atoms with Gasteiger partial charge in [0.1, 0.15) is 12.0 Å². The Balaban J connectivity index is 2.95. The van der Waals surface area contributed by atoms with Crippen molar-refractivity contribution < 1.29 is 19.4 Å². The summed E-state index contributed by atoms with van der Waals surface area (Å²) in [5.74, 6) is -0.784. The molecule has 0 aliphatic heterocycles. The fraction of sp³-hybridized carbons (Fsp3) is 0.333. The van der Waals surface area contributed by atoms with E-state index in [1.165, 1.54) is 7.11 Å². The molecule has 0 spiro atoms. The Morgan fingerprint density at radius 2 is 2.25 bits per heavy atom. The lowest BCUT2D eigenvalue weighted by Crippen LogP contribution is -2.13. The van der Waals surface area contributed by atoms with Gasteiger partial charge in [0.25, 0.3) is 0 Å². The topological polar surface area (TPSA) is 63.6 Å². The average molecular weight is 222 g/mol. The van der Waals surface area contributed by atoms with Crippen LogP contribution in [0.25, 0.3) is 0 Å². The van der Waals surface area contributed by atoms with Gasteiger partial charge in [0.05, 0.1) is 13.0 Å². The molecule has 1 aromatic carbocycles. The molecule has 16 heavy (non-hydrogen) atoms. The molecule has 1 atom stereocenters. The third-order valence-corrected chi connectivity index (χ3v) is 2.43. The van der Waals surface area contributed by atoms with Crippen molar-refractivity contribution in [3.05, 3.63) is 29.3 Å². The lowest BCUT2D eigenvalue weighted by Gasteiger charge is -2.09. The van der Waals surface area contributed by atoms with Crippen LogP contribution in [0.4, 0.5) is 0 Å². The number of hydrogen-bond acceptors (Lipinski definition) is 3. The van der Waals surface area contributed by atoms with Gasteiger partial charge in [-0.1, -0.05) is 13.0 Å². The van der Waals surface area contributed by atoms with E-state index < -0.39 is 11.9 Å². The average Bonchev–Trinajstić information content (AvgIpc) is 2.29. The molecule has 4 nitrogen and oxygen atoms in total. The van der Waals surface area contributed by atoms with Crippen molar-refractivity contribution in [1.82, 2.24) is 0 Å². The quantitative estimate of drug-likeness (QED) is 0.771. The van der Waals surface area contributed by atoms with Crippen molar-refractivity contribution in [1.29, 1.82) is 0 Å². The summed E-state index contributed by atoms with van der Waals surface area (Å²) in [6.45, 7) is 1.61. The van der Waals surface area contributed by atoms with Gasteiger partial charge in [0.15, 0.2) is 0 Å². The lowest BCUT2D eigenvalue weighted by atomic mass is 9.97. The smallest absolute Gasteiger partial charge is 0.306 e. The molecule has 0 heterocycles. The molecule has 0 amide bonds. The highest BCUT2D eigenvalue weighted by Gasteiger charge is 2.14. The maximum Gasteiger partial charge on any atom is 0.306 e. The Labute approximate surface area is 93.9 Å². The summed E-state index contributed by atoms with van der Waals surface area (Å²) in [7, 11) is 1.52. The Kier molecular flexibility index (Phi) is 4.05. The Hall–Kier alpha value is -1.84. The molecule has 0 saturated carbocycles. The molecule has 4 heteroatoms. The van der Waals surface area contributed by atoms with E-state index in [0.717, 1.165) is 5.56 Å². The largest absolute Gasteiger partial charge is 0.497 e. The molecular formula is C12H14O4. The van der Waals surface area contributed by atoms with E-state index in [9.17, 15) is 9.59 Å². The Morgan fingerprint density at radius 3 is 2.75 bits per heavy atom. The minimum Gasteiger partial charge on any atom is -0.497 e. The normalized spacial score (nSPS) is 11.9. The molecule has 0 saturated heterocycles. The summed E-state index contributed by atoms with van der Waals surface area (Å²) in [6, 6.07) is 5.05. The summed E-state index contributed by atoms with van der Waals surface area (Å²) in [5, 5.41) is 8.79. The van der Waals surface area contributed by atoms with Gasteiger partial charge < -0.3 is 9.84 Å². The molecular weight excluding hydrogens is 208 g/mol. The van der Waals surface area contributed by atoms with Crippen LogP contribution >= 0.6 is 0 Å². The van der Waals surface area contributed by atoms with Gasteiger partial charge in [0.2, 0.25) is 0 Å². The maximum absolute atomic E-state index is 10.8. The molecule has 0 bridgehead atoms. The second-order valence-corrected chi connectivity index (χ2v) is 3.63. The molecule has 1 rings (SSSR count). The van der Waals surface area contributed by atoms with Crippen molar-refractivity contribution in [3.8, 4) is 5.75 Å². The zero-order chi connectivity index (χ0) is 12.1. The highest BCUT2D eigenvalue weighted by Crippen LogP contribution is 2.19. The van der Waals surface area contributed by atoms with E-state index in [1.807, 2.05) is 0 Å². The summed E-state index contributed by atoms with van der Waals surface area (Å²) in [4.78, 5) is 21.6. The summed E-state index contributed by atoms with van der Waals surface area (Å²) in [5.41, 5.74) is 1.21. The van der Waals surface area contributed by atoms with E-state index in [-0.39, 0.29) is 0 Å². The van der Waals surface area contributed by atoms with Gasteiger partial charge in [-0.2, -0.15) is 0 Å². The SMILES string of the molecule is COc1ccc(CC(C)C(=O)O)c(C=O)c1. The van der Waals surface area contributed by atoms with Gasteiger partial charge in [-0.05, 0) is 24.1 Å². The number of carboxylic acid groups (broad SMARTS) is 1. The number of carbonyl (C=O) groups excluding carboxylic acids is 1. The van der Waals surface area contributed by atoms with Crippen LogP contribution in [0.2, 0.25) is 0 Å². The van der Waals surface area contributed by atoms with Crippen molar-refractivity contribution in [2.45, 2.75) is 13.3 Å². The van der Waals surface area contributed by atoms with Crippen molar-refractivity contribution in [3.63, 3.8) is 0 Å². The van der Waals surface area contributed by atoms with Crippen LogP contribution in [-0.4, -0.2) is 24.5 Å². The predicted octanol–water partition coefficient (Wildman–Crippen LogP) is 1.77. The number of aldehydes is 1. The maximum atomic E-state index is 10.8. The standard InChI is InChI=1S/C12H14O4/c1-8(12(14)15)5-9-3-4-11(16-2)6-10(9)7-13/h3-4,6-8H,5H2,1-2H3,(H,14,15). The summed E-state index contributed by atoms with van der Waals surface area (Å²) < 4.78 is 4.99.